The van der Waals surface area contributed by atoms with Crippen LogP contribution in [0.3, 0.4) is 0 Å². The molecule has 20 heavy (non-hydrogen) atoms. The zero-order valence-corrected chi connectivity index (χ0v) is 11.8. The number of ether oxygens (including phenoxy) is 2. The van der Waals surface area contributed by atoms with Gasteiger partial charge in [0.2, 0.25) is 0 Å². The summed E-state index contributed by atoms with van der Waals surface area (Å²) in [5.41, 5.74) is 2.49. The van der Waals surface area contributed by atoms with Crippen molar-refractivity contribution in [2.45, 2.75) is 18.4 Å². The van der Waals surface area contributed by atoms with Crippen molar-refractivity contribution in [3.63, 3.8) is 0 Å². The fraction of sp³-hybridized carbons (Fsp3) is 0.294. The third-order valence-corrected chi connectivity index (χ3v) is 3.84. The van der Waals surface area contributed by atoms with Gasteiger partial charge in [-0.25, -0.2) is 0 Å². The number of anilines is 1. The average molecular weight is 269 g/mol. The van der Waals surface area contributed by atoms with E-state index < -0.39 is 0 Å². The molecular formula is C17H19NO2. The molecule has 1 saturated carbocycles. The smallest absolute Gasteiger partial charge is 0.162 e. The largest absolute Gasteiger partial charge is 0.493 e. The van der Waals surface area contributed by atoms with E-state index in [1.807, 2.05) is 18.2 Å². The normalized spacial score (nSPS) is 15.5. The Morgan fingerprint density at radius 3 is 2.20 bits per heavy atom. The molecule has 0 bridgehead atoms. The quantitative estimate of drug-likeness (QED) is 0.895. The Balaban J connectivity index is 1.85. The van der Waals surface area contributed by atoms with Crippen LogP contribution in [0.2, 0.25) is 0 Å². The summed E-state index contributed by atoms with van der Waals surface area (Å²) in [6.07, 6.45) is 2.32. The van der Waals surface area contributed by atoms with Crippen LogP contribution in [0.25, 0.3) is 0 Å². The molecule has 0 aromatic heterocycles. The van der Waals surface area contributed by atoms with Crippen LogP contribution >= 0.6 is 0 Å². The van der Waals surface area contributed by atoms with Gasteiger partial charge in [0, 0.05) is 11.8 Å². The molecule has 2 aromatic carbocycles. The molecule has 1 N–H and O–H groups in total. The number of rotatable bonds is 5. The third-order valence-electron chi connectivity index (χ3n) is 3.84. The van der Waals surface area contributed by atoms with Gasteiger partial charge in [0.15, 0.2) is 11.5 Å². The van der Waals surface area contributed by atoms with Gasteiger partial charge in [-0.05, 0) is 30.5 Å². The highest BCUT2D eigenvalue weighted by atomic mass is 16.5. The lowest BCUT2D eigenvalue weighted by molar-refractivity contribution is 0.355. The summed E-state index contributed by atoms with van der Waals surface area (Å²) in [6.45, 7) is 0. The van der Waals surface area contributed by atoms with Crippen molar-refractivity contribution < 1.29 is 9.47 Å². The first kappa shape index (κ1) is 12.9. The minimum Gasteiger partial charge on any atom is -0.493 e. The van der Waals surface area contributed by atoms with E-state index in [0.29, 0.717) is 0 Å². The molecule has 1 aliphatic rings. The van der Waals surface area contributed by atoms with Gasteiger partial charge in [0.25, 0.3) is 0 Å². The van der Waals surface area contributed by atoms with E-state index in [1.54, 1.807) is 14.2 Å². The molecule has 0 aliphatic heterocycles. The van der Waals surface area contributed by atoms with Gasteiger partial charge in [0.1, 0.15) is 0 Å². The SMILES string of the molecule is COc1ccc(NC2(c3ccccc3)CC2)cc1OC. The number of hydrogen-bond acceptors (Lipinski definition) is 3. The summed E-state index contributed by atoms with van der Waals surface area (Å²) in [4.78, 5) is 0. The van der Waals surface area contributed by atoms with Gasteiger partial charge >= 0.3 is 0 Å². The van der Waals surface area contributed by atoms with Crippen molar-refractivity contribution in [2.24, 2.45) is 0 Å². The van der Waals surface area contributed by atoms with Crippen LogP contribution < -0.4 is 14.8 Å². The molecular weight excluding hydrogens is 250 g/mol. The van der Waals surface area contributed by atoms with Crippen LogP contribution in [0.4, 0.5) is 5.69 Å². The Morgan fingerprint density at radius 2 is 1.60 bits per heavy atom. The molecule has 0 radical (unpaired) electrons. The molecule has 0 heterocycles. The van der Waals surface area contributed by atoms with Crippen molar-refractivity contribution in [2.75, 3.05) is 19.5 Å². The third kappa shape index (κ3) is 2.31. The molecule has 3 nitrogen and oxygen atoms in total. The van der Waals surface area contributed by atoms with E-state index in [0.717, 1.165) is 30.0 Å². The van der Waals surface area contributed by atoms with Crippen molar-refractivity contribution in [1.82, 2.24) is 0 Å². The predicted octanol–water partition coefficient (Wildman–Crippen LogP) is 3.81. The average Bonchev–Trinajstić information content (AvgIpc) is 3.29. The van der Waals surface area contributed by atoms with Gasteiger partial charge in [-0.1, -0.05) is 30.3 Å². The minimum absolute atomic E-state index is 0.0842. The summed E-state index contributed by atoms with van der Waals surface area (Å²) < 4.78 is 10.6. The van der Waals surface area contributed by atoms with Crippen molar-refractivity contribution >= 4 is 5.69 Å². The Morgan fingerprint density at radius 1 is 0.900 bits per heavy atom. The molecule has 0 saturated heterocycles. The fourth-order valence-electron chi connectivity index (χ4n) is 2.56. The van der Waals surface area contributed by atoms with Crippen LogP contribution in [0.1, 0.15) is 18.4 Å². The predicted molar refractivity (Wildman–Crippen MR) is 80.5 cm³/mol. The molecule has 0 amide bonds. The van der Waals surface area contributed by atoms with Crippen LogP contribution in [0, 0.1) is 0 Å². The summed E-state index contributed by atoms with van der Waals surface area (Å²) >= 11 is 0. The van der Waals surface area contributed by atoms with Crippen LogP contribution in [0.5, 0.6) is 11.5 Å². The summed E-state index contributed by atoms with van der Waals surface area (Å²) in [5, 5.41) is 3.64. The Kier molecular flexibility index (Phi) is 3.26. The lowest BCUT2D eigenvalue weighted by Gasteiger charge is -2.20. The van der Waals surface area contributed by atoms with Crippen molar-refractivity contribution in [3.8, 4) is 11.5 Å². The second-order valence-electron chi connectivity index (χ2n) is 5.14. The van der Waals surface area contributed by atoms with E-state index in [2.05, 4.69) is 35.6 Å². The Bertz CT molecular complexity index is 591. The first-order chi connectivity index (χ1) is 9.77. The molecule has 0 atom stereocenters. The molecule has 3 rings (SSSR count). The molecule has 1 fully saturated rings. The van der Waals surface area contributed by atoms with Gasteiger partial charge in [0.05, 0.1) is 19.8 Å². The van der Waals surface area contributed by atoms with Crippen LogP contribution in [0.15, 0.2) is 48.5 Å². The topological polar surface area (TPSA) is 30.5 Å². The lowest BCUT2D eigenvalue weighted by atomic mass is 10.0. The second-order valence-corrected chi connectivity index (χ2v) is 5.14. The zero-order chi connectivity index (χ0) is 14.0. The number of nitrogens with one attached hydrogen (secondary N) is 1. The Labute approximate surface area is 119 Å². The van der Waals surface area contributed by atoms with Crippen molar-refractivity contribution in [3.05, 3.63) is 54.1 Å². The van der Waals surface area contributed by atoms with Gasteiger partial charge < -0.3 is 14.8 Å². The molecule has 104 valence electrons. The number of benzene rings is 2. The van der Waals surface area contributed by atoms with E-state index in [4.69, 9.17) is 9.47 Å². The standard InChI is InChI=1S/C17H19NO2/c1-19-15-9-8-14(12-16(15)20-2)18-17(10-11-17)13-6-4-3-5-7-13/h3-9,12,18H,10-11H2,1-2H3. The van der Waals surface area contributed by atoms with E-state index in [1.165, 1.54) is 5.56 Å². The highest BCUT2D eigenvalue weighted by Crippen LogP contribution is 2.48. The highest BCUT2D eigenvalue weighted by molar-refractivity contribution is 5.58. The molecule has 2 aromatic rings. The summed E-state index contributed by atoms with van der Waals surface area (Å²) in [5.74, 6) is 1.50. The van der Waals surface area contributed by atoms with Crippen molar-refractivity contribution in [1.29, 1.82) is 0 Å². The van der Waals surface area contributed by atoms with E-state index in [9.17, 15) is 0 Å². The Hall–Kier alpha value is -2.16. The summed E-state index contributed by atoms with van der Waals surface area (Å²) in [7, 11) is 3.31. The molecule has 0 unspecified atom stereocenters. The van der Waals surface area contributed by atoms with E-state index in [-0.39, 0.29) is 5.54 Å². The second kappa shape index (κ2) is 5.08. The minimum atomic E-state index is 0.0842. The molecule has 1 aliphatic carbocycles. The maximum Gasteiger partial charge on any atom is 0.162 e. The first-order valence-corrected chi connectivity index (χ1v) is 6.83. The van der Waals surface area contributed by atoms with E-state index >= 15 is 0 Å². The van der Waals surface area contributed by atoms with Gasteiger partial charge in [-0.2, -0.15) is 0 Å². The molecule has 3 heteroatoms. The highest BCUT2D eigenvalue weighted by Gasteiger charge is 2.44. The van der Waals surface area contributed by atoms with Crippen LogP contribution in [-0.4, -0.2) is 14.2 Å². The van der Waals surface area contributed by atoms with Gasteiger partial charge in [-0.3, -0.25) is 0 Å². The maximum atomic E-state index is 5.35. The number of hydrogen-bond donors (Lipinski definition) is 1. The van der Waals surface area contributed by atoms with Gasteiger partial charge in [-0.15, -0.1) is 0 Å². The first-order valence-electron chi connectivity index (χ1n) is 6.83. The monoisotopic (exact) mass is 269 g/mol. The lowest BCUT2D eigenvalue weighted by Crippen LogP contribution is -2.18. The maximum absolute atomic E-state index is 5.35. The van der Waals surface area contributed by atoms with Crippen LogP contribution in [-0.2, 0) is 5.54 Å². The summed E-state index contributed by atoms with van der Waals surface area (Å²) in [6, 6.07) is 16.5. The zero-order valence-electron chi connectivity index (χ0n) is 11.8. The fourth-order valence-corrected chi connectivity index (χ4v) is 2.56. The molecule has 0 spiro atoms. The number of methoxy groups -OCH3 is 2.